The second-order valence-corrected chi connectivity index (χ2v) is 22.0. The molecule has 0 heterocycles. The standard InChI is InChI=1S/C25H25.C21H26.C13H13.2ClH.Zr/c1-14-12-24(3,4)22-8-16-7-17-9-23-19(15(2)13-25(23,5)6)11-21(17)20(16)10-18(14)22;1-20(2,3)18-11-7-16(8-12-18)15-17-9-13-19(14-10-17)21(4,5)6;1-10-8-11(2)13(9-10)12-6-4-3-5-7-12;;;/h8-12H,7H2,1-6H3;7-14H,1-6H3;3-9H,1-2H3;2*1H;/q-1;;-1;;;+2/p-2. The monoisotopic (exact) mass is 932 g/mol. The molecule has 3 aliphatic carbocycles. The van der Waals surface area contributed by atoms with Crippen LogP contribution in [0.3, 0.4) is 0 Å². The zero-order chi connectivity index (χ0) is 43.5. The normalized spacial score (nSPS) is 14.8. The first-order chi connectivity index (χ1) is 28.0. The Balaban J connectivity index is 0.000000181. The van der Waals surface area contributed by atoms with Gasteiger partial charge in [-0.05, 0) is 58.4 Å². The van der Waals surface area contributed by atoms with Gasteiger partial charge >= 0.3 is 151 Å². The van der Waals surface area contributed by atoms with Gasteiger partial charge in [-0.3, -0.25) is 6.08 Å². The van der Waals surface area contributed by atoms with Crippen LogP contribution in [-0.2, 0) is 52.3 Å². The third kappa shape index (κ3) is 10.1. The van der Waals surface area contributed by atoms with E-state index in [9.17, 15) is 0 Å². The van der Waals surface area contributed by atoms with Crippen LogP contribution in [-0.4, -0.2) is 3.21 Å². The average molecular weight is 935 g/mol. The zero-order valence-electron chi connectivity index (χ0n) is 39.5. The summed E-state index contributed by atoms with van der Waals surface area (Å²) in [7, 11) is 0. The van der Waals surface area contributed by atoms with E-state index < -0.39 is 0 Å². The van der Waals surface area contributed by atoms with E-state index in [1.807, 2.05) is 0 Å². The van der Waals surface area contributed by atoms with Gasteiger partial charge in [-0.1, -0.05) is 108 Å². The van der Waals surface area contributed by atoms with Gasteiger partial charge in [0.05, 0.1) is 0 Å². The summed E-state index contributed by atoms with van der Waals surface area (Å²) in [6.45, 7) is 31.5. The summed E-state index contributed by atoms with van der Waals surface area (Å²) in [5, 5.41) is 0. The van der Waals surface area contributed by atoms with E-state index in [0.29, 0.717) is 0 Å². The minimum absolute atomic E-state index is 0. The number of aryl methyl sites for hydroxylation is 2. The third-order valence-corrected chi connectivity index (χ3v) is 14.3. The van der Waals surface area contributed by atoms with Crippen LogP contribution in [0.15, 0.2) is 121 Å². The summed E-state index contributed by atoms with van der Waals surface area (Å²) in [5.74, 6) is 0. The van der Waals surface area contributed by atoms with Crippen LogP contribution < -0.4 is 24.8 Å². The first kappa shape index (κ1) is 49.3. The molecule has 0 atom stereocenters. The number of halogens is 2. The third-order valence-electron chi connectivity index (χ3n) is 12.8. The van der Waals surface area contributed by atoms with Crippen LogP contribution in [0.5, 0.6) is 0 Å². The predicted octanol–water partition coefficient (Wildman–Crippen LogP) is 9.54. The van der Waals surface area contributed by atoms with Gasteiger partial charge in [0.15, 0.2) is 0 Å². The SMILES string of the molecule is CC(C)(C)c1ccc([C](=[Zr+2])c2ccc(C(C)(C)C)cc2)cc1.CC1=[C-]C(C)(C)c2cc3c(cc21)-c1cc2c(cc1C3)C(C)(C)C=C2C.Cc1cc(-c2ccccc2)c(C)[cH-]1.[Cl-].[Cl-]. The molecule has 0 unspecified atom stereocenters. The molecule has 0 saturated carbocycles. The van der Waals surface area contributed by atoms with Crippen molar-refractivity contribution < 1.29 is 49.0 Å². The summed E-state index contributed by atoms with van der Waals surface area (Å²) in [6, 6.07) is 42.9. The maximum Gasteiger partial charge on any atom is 0.00873 e. The second kappa shape index (κ2) is 18.4. The molecule has 0 radical (unpaired) electrons. The van der Waals surface area contributed by atoms with E-state index in [2.05, 4.69) is 224 Å². The van der Waals surface area contributed by atoms with Crippen molar-refractivity contribution in [3.8, 4) is 22.3 Å². The first-order valence-corrected chi connectivity index (χ1v) is 23.0. The van der Waals surface area contributed by atoms with Crippen molar-refractivity contribution in [1.82, 2.24) is 0 Å². The maximum atomic E-state index is 3.65. The smallest absolute Gasteiger partial charge is 0.00873 e. The van der Waals surface area contributed by atoms with Crippen LogP contribution >= 0.6 is 0 Å². The summed E-state index contributed by atoms with van der Waals surface area (Å²) in [6.07, 6.45) is 7.13. The van der Waals surface area contributed by atoms with Gasteiger partial charge in [-0.15, -0.1) is 11.6 Å². The Labute approximate surface area is 401 Å². The van der Waals surface area contributed by atoms with Gasteiger partial charge < -0.3 is 24.8 Å². The molecule has 3 heteroatoms. The van der Waals surface area contributed by atoms with Gasteiger partial charge in [0.2, 0.25) is 0 Å². The molecule has 0 amide bonds. The van der Waals surface area contributed by atoms with Crippen molar-refractivity contribution in [2.75, 3.05) is 0 Å². The number of benzene rings is 5. The fraction of sp³-hybridized carbons (Fsp3) is 0.322. The largest absolute Gasteiger partial charge is 1.00 e. The van der Waals surface area contributed by atoms with Gasteiger partial charge in [-0.25, -0.2) is 11.6 Å². The van der Waals surface area contributed by atoms with Crippen molar-refractivity contribution in [2.24, 2.45) is 0 Å². The summed E-state index contributed by atoms with van der Waals surface area (Å²) in [4.78, 5) is 0. The number of hydrogen-bond acceptors (Lipinski definition) is 0. The number of fused-ring (bicyclic) bond motifs is 5. The molecule has 6 aromatic rings. The van der Waals surface area contributed by atoms with E-state index in [-0.39, 0.29) is 46.5 Å². The number of rotatable bonds is 3. The Morgan fingerprint density at radius 2 is 1.06 bits per heavy atom. The quantitative estimate of drug-likeness (QED) is 0.155. The van der Waals surface area contributed by atoms with Crippen molar-refractivity contribution in [1.29, 1.82) is 0 Å². The van der Waals surface area contributed by atoms with Gasteiger partial charge in [-0.2, -0.15) is 28.3 Å². The molecule has 6 aromatic carbocycles. The molecule has 0 N–H and O–H groups in total. The molecule has 0 spiro atoms. The summed E-state index contributed by atoms with van der Waals surface area (Å²) < 4.78 is 1.42. The van der Waals surface area contributed by atoms with E-state index in [1.54, 1.807) is 0 Å². The van der Waals surface area contributed by atoms with Crippen LogP contribution in [0, 0.1) is 19.9 Å². The van der Waals surface area contributed by atoms with Gasteiger partial charge in [0.1, 0.15) is 0 Å². The van der Waals surface area contributed by atoms with E-state index in [1.165, 1.54) is 128 Å². The number of allylic oxidation sites excluding steroid dienone is 4. The molecule has 0 aliphatic heterocycles. The average Bonchev–Trinajstić information content (AvgIpc) is 3.86. The first-order valence-electron chi connectivity index (χ1n) is 21.8. The molecule has 320 valence electrons. The van der Waals surface area contributed by atoms with E-state index in [4.69, 9.17) is 0 Å². The van der Waals surface area contributed by atoms with Crippen molar-refractivity contribution in [2.45, 2.75) is 125 Å². The van der Waals surface area contributed by atoms with Crippen molar-refractivity contribution >= 4 is 14.4 Å². The minimum atomic E-state index is 0. The molecule has 0 nitrogen and oxygen atoms in total. The topological polar surface area (TPSA) is 0 Å². The van der Waals surface area contributed by atoms with Crippen molar-refractivity contribution in [3.05, 3.63) is 194 Å². The van der Waals surface area contributed by atoms with E-state index >= 15 is 0 Å². The fourth-order valence-corrected chi connectivity index (χ4v) is 10.3. The van der Waals surface area contributed by atoms with Crippen molar-refractivity contribution in [3.63, 3.8) is 0 Å². The zero-order valence-corrected chi connectivity index (χ0v) is 43.5. The minimum Gasteiger partial charge on any atom is -1.00 e. The molecule has 3 aliphatic rings. The molecular weight excluding hydrogens is 871 g/mol. The Morgan fingerprint density at radius 3 is 1.53 bits per heavy atom. The Morgan fingerprint density at radius 1 is 0.581 bits per heavy atom. The molecule has 0 saturated heterocycles. The van der Waals surface area contributed by atoms with Crippen LogP contribution in [0.2, 0.25) is 0 Å². The Hall–Kier alpha value is -3.74. The number of hydrogen-bond donors (Lipinski definition) is 0. The summed E-state index contributed by atoms with van der Waals surface area (Å²) in [5.41, 5.74) is 25.8. The van der Waals surface area contributed by atoms with Crippen LogP contribution in [0.4, 0.5) is 0 Å². The molecule has 0 fully saturated rings. The molecule has 0 bridgehead atoms. The van der Waals surface area contributed by atoms with Gasteiger partial charge in [0, 0.05) is 5.41 Å². The molecule has 9 rings (SSSR count). The van der Waals surface area contributed by atoms with Crippen LogP contribution in [0.1, 0.15) is 150 Å². The molecule has 0 aromatic heterocycles. The summed E-state index contributed by atoms with van der Waals surface area (Å²) >= 11 is 1.46. The molecular formula is C59H64Cl2Zr-2. The predicted molar refractivity (Wildman–Crippen MR) is 257 cm³/mol. The van der Waals surface area contributed by atoms with E-state index in [0.717, 1.165) is 6.42 Å². The van der Waals surface area contributed by atoms with Crippen LogP contribution in [0.25, 0.3) is 33.4 Å². The Bertz CT molecular complexity index is 2500. The Kier molecular flexibility index (Phi) is 14.6. The van der Waals surface area contributed by atoms with Gasteiger partial charge in [0.25, 0.3) is 0 Å². The second-order valence-electron chi connectivity index (χ2n) is 20.7. The fourth-order valence-electron chi connectivity index (χ4n) is 9.45. The maximum absolute atomic E-state index is 3.65. The molecule has 62 heavy (non-hydrogen) atoms.